The van der Waals surface area contributed by atoms with Crippen LogP contribution >= 0.6 is 11.3 Å². The van der Waals surface area contributed by atoms with Gasteiger partial charge in [0.15, 0.2) is 5.82 Å². The summed E-state index contributed by atoms with van der Waals surface area (Å²) in [5.74, 6) is -0.325. The lowest BCUT2D eigenvalue weighted by Gasteiger charge is -2.13. The van der Waals surface area contributed by atoms with Crippen LogP contribution in [0, 0.1) is 0 Å². The van der Waals surface area contributed by atoms with Gasteiger partial charge in [-0.25, -0.2) is 4.52 Å². The third-order valence-corrected chi connectivity index (χ3v) is 5.68. The number of hydrogen-bond acceptors (Lipinski definition) is 5. The molecule has 1 amide bonds. The predicted molar refractivity (Wildman–Crippen MR) is 118 cm³/mol. The fraction of sp³-hybridized carbons (Fsp3) is 0.0909. The maximum Gasteiger partial charge on any atom is 0.417 e. The fourth-order valence-electron chi connectivity index (χ4n) is 3.52. The third kappa shape index (κ3) is 3.87. The zero-order valence-corrected chi connectivity index (χ0v) is 17.9. The molecule has 0 spiro atoms. The Balaban J connectivity index is 1.55. The lowest BCUT2D eigenvalue weighted by molar-refractivity contribution is -0.137. The van der Waals surface area contributed by atoms with E-state index in [1.807, 2.05) is 30.3 Å². The molecule has 0 saturated heterocycles. The van der Waals surface area contributed by atoms with Gasteiger partial charge in [-0.1, -0.05) is 41.7 Å². The highest BCUT2D eigenvalue weighted by atomic mass is 32.1. The Labute approximate surface area is 189 Å². The SMILES string of the molecule is Cn1ccc(-c2cc(C(=O)Nc3nc4scnn4c3-c3ccccc3)ccc2C(F)(F)F)n1. The van der Waals surface area contributed by atoms with Crippen molar-refractivity contribution in [3.05, 3.63) is 77.4 Å². The summed E-state index contributed by atoms with van der Waals surface area (Å²) in [6.07, 6.45) is -3.05. The molecule has 0 unspecified atom stereocenters. The van der Waals surface area contributed by atoms with E-state index in [0.29, 0.717) is 10.7 Å². The minimum Gasteiger partial charge on any atom is -0.305 e. The van der Waals surface area contributed by atoms with Crippen molar-refractivity contribution in [1.82, 2.24) is 24.4 Å². The molecule has 2 aromatic carbocycles. The van der Waals surface area contributed by atoms with Gasteiger partial charge in [-0.2, -0.15) is 28.4 Å². The zero-order chi connectivity index (χ0) is 23.2. The van der Waals surface area contributed by atoms with Gasteiger partial charge in [-0.3, -0.25) is 9.48 Å². The Morgan fingerprint density at radius 2 is 1.88 bits per heavy atom. The highest BCUT2D eigenvalue weighted by Gasteiger charge is 2.34. The molecule has 33 heavy (non-hydrogen) atoms. The molecule has 0 atom stereocenters. The monoisotopic (exact) mass is 468 g/mol. The van der Waals surface area contributed by atoms with Crippen molar-refractivity contribution < 1.29 is 18.0 Å². The van der Waals surface area contributed by atoms with Crippen molar-refractivity contribution >= 4 is 28.0 Å². The van der Waals surface area contributed by atoms with Crippen molar-refractivity contribution in [1.29, 1.82) is 0 Å². The van der Waals surface area contributed by atoms with Crippen molar-refractivity contribution in [3.8, 4) is 22.5 Å². The van der Waals surface area contributed by atoms with Crippen LogP contribution in [0.15, 0.2) is 66.3 Å². The Hall–Kier alpha value is -3.99. The first-order valence-corrected chi connectivity index (χ1v) is 10.6. The molecule has 0 aliphatic carbocycles. The maximum absolute atomic E-state index is 13.6. The molecular weight excluding hydrogens is 453 g/mol. The summed E-state index contributed by atoms with van der Waals surface area (Å²) in [6.45, 7) is 0. The van der Waals surface area contributed by atoms with Gasteiger partial charge in [-0.05, 0) is 24.3 Å². The zero-order valence-electron chi connectivity index (χ0n) is 17.0. The van der Waals surface area contributed by atoms with Crippen molar-refractivity contribution in [2.45, 2.75) is 6.18 Å². The number of amides is 1. The van der Waals surface area contributed by atoms with Crippen LogP contribution in [-0.4, -0.2) is 30.3 Å². The van der Waals surface area contributed by atoms with Gasteiger partial charge in [0.25, 0.3) is 5.91 Å². The van der Waals surface area contributed by atoms with Crippen LogP contribution in [-0.2, 0) is 13.2 Å². The number of halogens is 3. The molecule has 166 valence electrons. The number of anilines is 1. The molecule has 5 rings (SSSR count). The smallest absolute Gasteiger partial charge is 0.305 e. The van der Waals surface area contributed by atoms with E-state index in [-0.39, 0.29) is 22.6 Å². The molecule has 3 aromatic heterocycles. The van der Waals surface area contributed by atoms with E-state index in [1.54, 1.807) is 23.3 Å². The molecule has 0 radical (unpaired) electrons. The molecule has 7 nitrogen and oxygen atoms in total. The number of hydrogen-bond donors (Lipinski definition) is 1. The standard InChI is InChI=1S/C22H15F3N6OS/c1-30-10-9-17(29-30)15-11-14(7-8-16(15)22(23,24)25)20(32)27-19-18(13-5-3-2-4-6-13)31-21(28-19)33-12-26-31/h2-12H,1H3,(H,27,32). The highest BCUT2D eigenvalue weighted by Crippen LogP contribution is 2.37. The van der Waals surface area contributed by atoms with Gasteiger partial charge in [0.05, 0.1) is 11.3 Å². The molecular formula is C22H15F3N6OS. The number of carbonyl (C=O) groups excluding carboxylic acids is 1. The second-order valence-electron chi connectivity index (χ2n) is 7.20. The van der Waals surface area contributed by atoms with Crippen LogP contribution in [0.3, 0.4) is 0 Å². The van der Waals surface area contributed by atoms with Gasteiger partial charge in [0, 0.05) is 29.9 Å². The first kappa shape index (κ1) is 20.9. The van der Waals surface area contributed by atoms with Crippen LogP contribution in [0.1, 0.15) is 15.9 Å². The van der Waals surface area contributed by atoms with Gasteiger partial charge in [-0.15, -0.1) is 0 Å². The van der Waals surface area contributed by atoms with E-state index in [2.05, 4.69) is 20.5 Å². The van der Waals surface area contributed by atoms with Crippen LogP contribution in [0.4, 0.5) is 19.0 Å². The van der Waals surface area contributed by atoms with Gasteiger partial charge in [0.1, 0.15) is 11.2 Å². The van der Waals surface area contributed by atoms with Crippen LogP contribution in [0.2, 0.25) is 0 Å². The predicted octanol–water partition coefficient (Wildman–Crippen LogP) is 5.13. The second kappa shape index (κ2) is 7.85. The number of aryl methyl sites for hydroxylation is 1. The average molecular weight is 468 g/mol. The number of rotatable bonds is 4. The summed E-state index contributed by atoms with van der Waals surface area (Å²) in [7, 11) is 1.61. The summed E-state index contributed by atoms with van der Waals surface area (Å²) < 4.78 is 43.8. The van der Waals surface area contributed by atoms with Gasteiger partial charge < -0.3 is 5.32 Å². The Morgan fingerprint density at radius 1 is 1.09 bits per heavy atom. The number of carbonyl (C=O) groups is 1. The van der Waals surface area contributed by atoms with Crippen LogP contribution in [0.25, 0.3) is 27.5 Å². The summed E-state index contributed by atoms with van der Waals surface area (Å²) in [4.78, 5) is 18.1. The molecule has 0 aliphatic rings. The molecule has 0 bridgehead atoms. The Morgan fingerprint density at radius 3 is 2.58 bits per heavy atom. The second-order valence-corrected chi connectivity index (χ2v) is 8.01. The summed E-state index contributed by atoms with van der Waals surface area (Å²) >= 11 is 1.30. The quantitative estimate of drug-likeness (QED) is 0.397. The summed E-state index contributed by atoms with van der Waals surface area (Å²) in [5.41, 5.74) is 2.13. The first-order chi connectivity index (χ1) is 15.8. The molecule has 0 saturated carbocycles. The van der Waals surface area contributed by atoms with Crippen LogP contribution < -0.4 is 5.32 Å². The minimum atomic E-state index is -4.59. The Kier molecular flexibility index (Phi) is 4.97. The number of fused-ring (bicyclic) bond motifs is 1. The van der Waals surface area contributed by atoms with E-state index in [1.165, 1.54) is 28.2 Å². The first-order valence-electron chi connectivity index (χ1n) is 9.71. The molecule has 0 fully saturated rings. The van der Waals surface area contributed by atoms with E-state index >= 15 is 0 Å². The topological polar surface area (TPSA) is 77.1 Å². The molecule has 1 N–H and O–H groups in total. The van der Waals surface area contributed by atoms with Gasteiger partial charge >= 0.3 is 6.18 Å². The normalized spacial score (nSPS) is 11.8. The van der Waals surface area contributed by atoms with Gasteiger partial charge in [0.2, 0.25) is 4.96 Å². The van der Waals surface area contributed by atoms with Crippen LogP contribution in [0.5, 0.6) is 0 Å². The molecule has 11 heteroatoms. The van der Waals surface area contributed by atoms with Crippen molar-refractivity contribution in [3.63, 3.8) is 0 Å². The maximum atomic E-state index is 13.6. The third-order valence-electron chi connectivity index (χ3n) is 5.00. The molecule has 3 heterocycles. The van der Waals surface area contributed by atoms with E-state index in [0.717, 1.165) is 17.7 Å². The van der Waals surface area contributed by atoms with Crippen molar-refractivity contribution in [2.75, 3.05) is 5.32 Å². The fourth-order valence-corrected chi connectivity index (χ4v) is 4.14. The lowest BCUT2D eigenvalue weighted by atomic mass is 10.0. The Bertz CT molecular complexity index is 1470. The number of alkyl halides is 3. The lowest BCUT2D eigenvalue weighted by Crippen LogP contribution is -2.15. The van der Waals surface area contributed by atoms with Crippen molar-refractivity contribution in [2.24, 2.45) is 7.05 Å². The number of imidazole rings is 1. The average Bonchev–Trinajstić information content (AvgIpc) is 3.49. The highest BCUT2D eigenvalue weighted by molar-refractivity contribution is 7.14. The molecule has 0 aliphatic heterocycles. The van der Waals surface area contributed by atoms with E-state index in [9.17, 15) is 18.0 Å². The number of aromatic nitrogens is 5. The molecule has 5 aromatic rings. The largest absolute Gasteiger partial charge is 0.417 e. The summed E-state index contributed by atoms with van der Waals surface area (Å²) in [5, 5.41) is 11.1. The number of nitrogens with zero attached hydrogens (tertiary/aromatic N) is 5. The number of nitrogens with one attached hydrogen (secondary N) is 1. The summed E-state index contributed by atoms with van der Waals surface area (Å²) in [6, 6.07) is 14.0. The minimum absolute atomic E-state index is 0.0481. The van der Waals surface area contributed by atoms with E-state index < -0.39 is 17.6 Å². The van der Waals surface area contributed by atoms with E-state index in [4.69, 9.17) is 0 Å². The number of benzene rings is 2.